The standard InChI is InChI=1S/C13H17BrN2O4S/c1-19-12-4-10(14)11(15)5-13(12)21(17,18)16-6-8-2-3-9(7-16)20-8/h4-5,8-9H,2-3,6-7,15H2,1H3. The van der Waals surface area contributed by atoms with Crippen LogP contribution in [0.15, 0.2) is 21.5 Å². The second-order valence-electron chi connectivity index (χ2n) is 5.30. The maximum absolute atomic E-state index is 12.9. The summed E-state index contributed by atoms with van der Waals surface area (Å²) in [6, 6.07) is 3.02. The third kappa shape index (κ3) is 2.65. The van der Waals surface area contributed by atoms with Crippen molar-refractivity contribution in [1.82, 2.24) is 4.31 Å². The quantitative estimate of drug-likeness (QED) is 0.810. The highest BCUT2D eigenvalue weighted by Gasteiger charge is 2.40. The van der Waals surface area contributed by atoms with Crippen LogP contribution in [0.4, 0.5) is 5.69 Å². The molecule has 1 aromatic rings. The van der Waals surface area contributed by atoms with E-state index < -0.39 is 10.0 Å². The van der Waals surface area contributed by atoms with E-state index in [4.69, 9.17) is 15.2 Å². The lowest BCUT2D eigenvalue weighted by molar-refractivity contribution is -0.0114. The number of rotatable bonds is 3. The first-order chi connectivity index (χ1) is 9.91. The van der Waals surface area contributed by atoms with Gasteiger partial charge in [0.1, 0.15) is 10.6 Å². The van der Waals surface area contributed by atoms with Gasteiger partial charge in [-0.1, -0.05) is 0 Å². The molecule has 1 aromatic carbocycles. The first-order valence-corrected chi connectivity index (χ1v) is 8.93. The number of ether oxygens (including phenoxy) is 2. The monoisotopic (exact) mass is 376 g/mol. The Hall–Kier alpha value is -0.830. The zero-order chi connectivity index (χ0) is 15.2. The first kappa shape index (κ1) is 15.1. The van der Waals surface area contributed by atoms with Crippen LogP contribution in [0, 0.1) is 0 Å². The van der Waals surface area contributed by atoms with Gasteiger partial charge in [-0.25, -0.2) is 8.42 Å². The number of hydrogen-bond donors (Lipinski definition) is 1. The van der Waals surface area contributed by atoms with Gasteiger partial charge in [0.15, 0.2) is 0 Å². The summed E-state index contributed by atoms with van der Waals surface area (Å²) >= 11 is 3.28. The Morgan fingerprint density at radius 1 is 1.33 bits per heavy atom. The minimum absolute atomic E-state index is 0.00249. The average Bonchev–Trinajstić information content (AvgIpc) is 2.79. The number of nitrogen functional groups attached to an aromatic ring is 1. The van der Waals surface area contributed by atoms with E-state index in [1.54, 1.807) is 6.07 Å². The number of hydrogen-bond acceptors (Lipinski definition) is 5. The van der Waals surface area contributed by atoms with Gasteiger partial charge in [0, 0.05) is 23.2 Å². The number of nitrogens with zero attached hydrogens (tertiary/aromatic N) is 1. The lowest BCUT2D eigenvalue weighted by Gasteiger charge is -2.31. The Kier molecular flexibility index (Phi) is 3.89. The van der Waals surface area contributed by atoms with Gasteiger partial charge in [0.25, 0.3) is 0 Å². The molecule has 0 aromatic heterocycles. The summed E-state index contributed by atoms with van der Waals surface area (Å²) in [5.41, 5.74) is 6.19. The van der Waals surface area contributed by atoms with Crippen LogP contribution in [0.2, 0.25) is 0 Å². The van der Waals surface area contributed by atoms with Crippen LogP contribution in [0.5, 0.6) is 5.75 Å². The Morgan fingerprint density at radius 3 is 2.52 bits per heavy atom. The average molecular weight is 377 g/mol. The molecule has 2 heterocycles. The molecular weight excluding hydrogens is 360 g/mol. The SMILES string of the molecule is COc1cc(Br)c(N)cc1S(=O)(=O)N1CC2CCC(C1)O2. The molecule has 2 aliphatic heterocycles. The third-order valence-corrected chi connectivity index (χ3v) is 6.45. The lowest BCUT2D eigenvalue weighted by Crippen LogP contribution is -2.45. The van der Waals surface area contributed by atoms with Crippen molar-refractivity contribution in [2.24, 2.45) is 0 Å². The zero-order valence-electron chi connectivity index (χ0n) is 11.6. The summed E-state index contributed by atoms with van der Waals surface area (Å²) in [5, 5.41) is 0. The van der Waals surface area contributed by atoms with Crippen molar-refractivity contribution >= 4 is 31.6 Å². The Labute approximate surface area is 132 Å². The van der Waals surface area contributed by atoms with Crippen molar-refractivity contribution in [3.63, 3.8) is 0 Å². The topological polar surface area (TPSA) is 81.9 Å². The van der Waals surface area contributed by atoms with Crippen LogP contribution in [-0.4, -0.2) is 45.1 Å². The van der Waals surface area contributed by atoms with E-state index in [9.17, 15) is 8.42 Å². The van der Waals surface area contributed by atoms with E-state index in [-0.39, 0.29) is 22.9 Å². The van der Waals surface area contributed by atoms with Gasteiger partial charge >= 0.3 is 0 Å². The molecular formula is C13H17BrN2O4S. The van der Waals surface area contributed by atoms with Crippen molar-refractivity contribution in [3.8, 4) is 5.75 Å². The van der Waals surface area contributed by atoms with Crippen molar-refractivity contribution in [2.75, 3.05) is 25.9 Å². The number of nitrogens with two attached hydrogens (primary N) is 1. The number of anilines is 1. The second-order valence-corrected chi connectivity index (χ2v) is 8.06. The van der Waals surface area contributed by atoms with Gasteiger partial charge in [-0.05, 0) is 40.9 Å². The minimum atomic E-state index is -3.64. The molecule has 2 N–H and O–H groups in total. The number of methoxy groups -OCH3 is 1. The Morgan fingerprint density at radius 2 is 1.95 bits per heavy atom. The van der Waals surface area contributed by atoms with Crippen LogP contribution in [-0.2, 0) is 14.8 Å². The second kappa shape index (κ2) is 5.42. The van der Waals surface area contributed by atoms with Crippen LogP contribution in [0.3, 0.4) is 0 Å². The van der Waals surface area contributed by atoms with E-state index in [2.05, 4.69) is 15.9 Å². The van der Waals surface area contributed by atoms with Gasteiger partial charge in [-0.15, -0.1) is 0 Å². The molecule has 3 rings (SSSR count). The van der Waals surface area contributed by atoms with Crippen LogP contribution >= 0.6 is 15.9 Å². The number of fused-ring (bicyclic) bond motifs is 2. The molecule has 2 fully saturated rings. The molecule has 21 heavy (non-hydrogen) atoms. The molecule has 2 aliphatic rings. The molecule has 0 saturated carbocycles. The molecule has 0 spiro atoms. The van der Waals surface area contributed by atoms with Crippen LogP contribution in [0.1, 0.15) is 12.8 Å². The minimum Gasteiger partial charge on any atom is -0.495 e. The smallest absolute Gasteiger partial charge is 0.247 e. The Balaban J connectivity index is 2.00. The van der Waals surface area contributed by atoms with E-state index in [1.807, 2.05) is 0 Å². The van der Waals surface area contributed by atoms with Gasteiger partial charge in [-0.2, -0.15) is 4.31 Å². The van der Waals surface area contributed by atoms with Gasteiger partial charge in [0.2, 0.25) is 10.0 Å². The Bertz CT molecular complexity index is 652. The number of sulfonamides is 1. The predicted octanol–water partition coefficient (Wildman–Crippen LogP) is 1.59. The summed E-state index contributed by atoms with van der Waals surface area (Å²) in [7, 11) is -2.20. The molecule has 6 nitrogen and oxygen atoms in total. The van der Waals surface area contributed by atoms with E-state index in [0.717, 1.165) is 12.8 Å². The molecule has 2 bridgehead atoms. The van der Waals surface area contributed by atoms with E-state index >= 15 is 0 Å². The fourth-order valence-corrected chi connectivity index (χ4v) is 4.82. The fraction of sp³-hybridized carbons (Fsp3) is 0.538. The number of halogens is 1. The maximum Gasteiger partial charge on any atom is 0.247 e. The first-order valence-electron chi connectivity index (χ1n) is 6.70. The summed E-state index contributed by atoms with van der Waals surface area (Å²) in [4.78, 5) is 0.104. The summed E-state index contributed by atoms with van der Waals surface area (Å²) in [5.74, 6) is 0.287. The highest BCUT2D eigenvalue weighted by molar-refractivity contribution is 9.10. The third-order valence-electron chi connectivity index (χ3n) is 3.91. The highest BCUT2D eigenvalue weighted by Crippen LogP contribution is 2.36. The van der Waals surface area contributed by atoms with E-state index in [0.29, 0.717) is 23.2 Å². The molecule has 0 amide bonds. The number of morpholine rings is 1. The normalized spacial score (nSPS) is 26.0. The van der Waals surface area contributed by atoms with E-state index in [1.165, 1.54) is 17.5 Å². The fourth-order valence-electron chi connectivity index (χ4n) is 2.82. The molecule has 8 heteroatoms. The zero-order valence-corrected chi connectivity index (χ0v) is 14.0. The largest absolute Gasteiger partial charge is 0.495 e. The summed E-state index contributed by atoms with van der Waals surface area (Å²) in [6.45, 7) is 0.774. The summed E-state index contributed by atoms with van der Waals surface area (Å²) in [6.07, 6.45) is 1.82. The van der Waals surface area contributed by atoms with Crippen LogP contribution < -0.4 is 10.5 Å². The molecule has 116 valence electrons. The molecule has 2 saturated heterocycles. The molecule has 0 radical (unpaired) electrons. The lowest BCUT2D eigenvalue weighted by atomic mass is 10.2. The maximum atomic E-state index is 12.9. The van der Waals surface area contributed by atoms with Crippen LogP contribution in [0.25, 0.3) is 0 Å². The summed E-state index contributed by atoms with van der Waals surface area (Å²) < 4.78 is 38.7. The number of benzene rings is 1. The molecule has 2 unspecified atom stereocenters. The van der Waals surface area contributed by atoms with Crippen molar-refractivity contribution in [3.05, 3.63) is 16.6 Å². The van der Waals surface area contributed by atoms with Gasteiger partial charge in [0.05, 0.1) is 19.3 Å². The predicted molar refractivity (Wildman–Crippen MR) is 81.8 cm³/mol. The van der Waals surface area contributed by atoms with Crippen molar-refractivity contribution < 1.29 is 17.9 Å². The van der Waals surface area contributed by atoms with Crippen molar-refractivity contribution in [1.29, 1.82) is 0 Å². The van der Waals surface area contributed by atoms with Gasteiger partial charge in [-0.3, -0.25) is 0 Å². The molecule has 2 atom stereocenters. The molecule has 0 aliphatic carbocycles. The highest BCUT2D eigenvalue weighted by atomic mass is 79.9. The van der Waals surface area contributed by atoms with Gasteiger partial charge < -0.3 is 15.2 Å². The van der Waals surface area contributed by atoms with Crippen molar-refractivity contribution in [2.45, 2.75) is 29.9 Å².